The van der Waals surface area contributed by atoms with Crippen molar-refractivity contribution in [2.75, 3.05) is 19.5 Å². The lowest BCUT2D eigenvalue weighted by atomic mass is 10.0. The fourth-order valence-electron chi connectivity index (χ4n) is 4.02. The number of methoxy groups -OCH3 is 2. The number of rotatable bonds is 7. The summed E-state index contributed by atoms with van der Waals surface area (Å²) in [6.45, 7) is 0.530. The number of hydrogen-bond donors (Lipinski definition) is 1. The summed E-state index contributed by atoms with van der Waals surface area (Å²) in [5.41, 5.74) is 4.85. The van der Waals surface area contributed by atoms with Crippen LogP contribution in [0.5, 0.6) is 17.2 Å². The summed E-state index contributed by atoms with van der Waals surface area (Å²) >= 11 is 0. The lowest BCUT2D eigenvalue weighted by Gasteiger charge is -2.20. The number of nitrogens with one attached hydrogen (secondary N) is 1. The third kappa shape index (κ3) is 4.88. The number of hydrogen-bond acceptors (Lipinski definition) is 4. The minimum absolute atomic E-state index is 0.374. The molecule has 1 heterocycles. The first-order valence-electron chi connectivity index (χ1n) is 10.5. The van der Waals surface area contributed by atoms with Gasteiger partial charge < -0.3 is 19.5 Å². The van der Waals surface area contributed by atoms with E-state index < -0.39 is 0 Å². The van der Waals surface area contributed by atoms with Crippen molar-refractivity contribution in [3.05, 3.63) is 83.4 Å². The molecule has 1 aliphatic heterocycles. The molecule has 0 aromatic heterocycles. The van der Waals surface area contributed by atoms with E-state index in [9.17, 15) is 0 Å². The molecule has 0 bridgehead atoms. The molecule has 30 heavy (non-hydrogen) atoms. The maximum atomic E-state index is 6.10. The van der Waals surface area contributed by atoms with Crippen molar-refractivity contribution in [2.45, 2.75) is 38.3 Å². The number of aryl methyl sites for hydroxylation is 1. The summed E-state index contributed by atoms with van der Waals surface area (Å²) < 4.78 is 17.1. The molecule has 4 heteroatoms. The molecule has 0 aliphatic carbocycles. The van der Waals surface area contributed by atoms with Gasteiger partial charge in [0.05, 0.1) is 14.2 Å². The lowest BCUT2D eigenvalue weighted by Crippen LogP contribution is -2.21. The molecule has 0 saturated heterocycles. The number of fused-ring (bicyclic) bond motifs is 1. The molecule has 0 spiro atoms. The van der Waals surface area contributed by atoms with Crippen molar-refractivity contribution < 1.29 is 14.2 Å². The van der Waals surface area contributed by atoms with Gasteiger partial charge in [-0.25, -0.2) is 0 Å². The number of benzene rings is 3. The zero-order valence-corrected chi connectivity index (χ0v) is 17.7. The van der Waals surface area contributed by atoms with E-state index in [1.165, 1.54) is 11.1 Å². The highest BCUT2D eigenvalue weighted by Gasteiger charge is 2.19. The Morgan fingerprint density at radius 2 is 1.70 bits per heavy atom. The Balaban J connectivity index is 1.50. The Hall–Kier alpha value is -3.14. The van der Waals surface area contributed by atoms with Crippen LogP contribution >= 0.6 is 0 Å². The molecule has 0 radical (unpaired) electrons. The molecule has 1 atom stereocenters. The van der Waals surface area contributed by atoms with Crippen LogP contribution in [0.4, 0.5) is 5.69 Å². The first-order valence-corrected chi connectivity index (χ1v) is 10.5. The Morgan fingerprint density at radius 1 is 0.867 bits per heavy atom. The Bertz CT molecular complexity index is 971. The van der Waals surface area contributed by atoms with E-state index in [4.69, 9.17) is 14.2 Å². The summed E-state index contributed by atoms with van der Waals surface area (Å²) in [6, 6.07) is 23.1. The van der Waals surface area contributed by atoms with Gasteiger partial charge in [0.15, 0.2) is 11.5 Å². The molecule has 156 valence electrons. The molecular weight excluding hydrogens is 374 g/mol. The van der Waals surface area contributed by atoms with Crippen molar-refractivity contribution in [3.63, 3.8) is 0 Å². The van der Waals surface area contributed by atoms with Crippen LogP contribution in [0.2, 0.25) is 0 Å². The van der Waals surface area contributed by atoms with E-state index in [1.54, 1.807) is 14.2 Å². The molecule has 1 aliphatic rings. The van der Waals surface area contributed by atoms with Crippen molar-refractivity contribution in [2.24, 2.45) is 0 Å². The van der Waals surface area contributed by atoms with E-state index in [-0.39, 0.29) is 0 Å². The second kappa shape index (κ2) is 9.57. The first kappa shape index (κ1) is 20.1. The zero-order chi connectivity index (χ0) is 20.8. The smallest absolute Gasteiger partial charge is 0.162 e. The minimum atomic E-state index is 0.374. The third-order valence-electron chi connectivity index (χ3n) is 5.60. The zero-order valence-electron chi connectivity index (χ0n) is 17.7. The van der Waals surface area contributed by atoms with Crippen LogP contribution in [0.1, 0.15) is 29.5 Å². The Labute approximate surface area is 178 Å². The van der Waals surface area contributed by atoms with Crippen LogP contribution in [-0.2, 0) is 19.4 Å². The molecule has 0 saturated carbocycles. The van der Waals surface area contributed by atoms with Crippen LogP contribution in [0.3, 0.4) is 0 Å². The lowest BCUT2D eigenvalue weighted by molar-refractivity contribution is 0.284. The van der Waals surface area contributed by atoms with E-state index in [0.717, 1.165) is 54.2 Å². The third-order valence-corrected chi connectivity index (χ3v) is 5.60. The van der Waals surface area contributed by atoms with Gasteiger partial charge >= 0.3 is 0 Å². The molecule has 3 aromatic rings. The van der Waals surface area contributed by atoms with Gasteiger partial charge in [-0.15, -0.1) is 0 Å². The monoisotopic (exact) mass is 403 g/mol. The van der Waals surface area contributed by atoms with Crippen LogP contribution < -0.4 is 19.5 Å². The number of anilines is 1. The van der Waals surface area contributed by atoms with Gasteiger partial charge in [-0.2, -0.15) is 0 Å². The summed E-state index contributed by atoms with van der Waals surface area (Å²) in [7, 11) is 3.41. The highest BCUT2D eigenvalue weighted by atomic mass is 16.5. The van der Waals surface area contributed by atoms with Crippen LogP contribution in [0, 0.1) is 0 Å². The SMILES string of the molecule is COc1cccc(CC2CCCc3cc(OCc4ccccc4)c(OC)cc3N2)c1. The normalized spacial score (nSPS) is 15.5. The second-order valence-electron chi connectivity index (χ2n) is 7.72. The molecular formula is C26H29NO3. The standard InChI is InChI=1S/C26H29NO3/c1-28-23-13-6-10-20(15-23)14-22-12-7-11-21-16-26(25(29-2)17-24(21)27-22)30-18-19-8-4-3-5-9-19/h3-6,8-10,13,15-17,22,27H,7,11-12,14,18H2,1-2H3. The highest BCUT2D eigenvalue weighted by molar-refractivity contribution is 5.61. The van der Waals surface area contributed by atoms with Gasteiger partial charge in [0.25, 0.3) is 0 Å². The summed E-state index contributed by atoms with van der Waals surface area (Å²) in [6.07, 6.45) is 4.25. The second-order valence-corrected chi connectivity index (χ2v) is 7.72. The van der Waals surface area contributed by atoms with Gasteiger partial charge in [0.1, 0.15) is 12.4 Å². The minimum Gasteiger partial charge on any atom is -0.497 e. The van der Waals surface area contributed by atoms with Gasteiger partial charge in [0.2, 0.25) is 0 Å². The number of ether oxygens (including phenoxy) is 3. The average Bonchev–Trinajstić information content (AvgIpc) is 2.98. The van der Waals surface area contributed by atoms with Crippen LogP contribution in [0.15, 0.2) is 66.7 Å². The highest BCUT2D eigenvalue weighted by Crippen LogP contribution is 2.37. The molecule has 4 rings (SSSR count). The summed E-state index contributed by atoms with van der Waals surface area (Å²) in [4.78, 5) is 0. The topological polar surface area (TPSA) is 39.7 Å². The predicted octanol–water partition coefficient (Wildman–Crippen LogP) is 5.64. The fraction of sp³-hybridized carbons (Fsp3) is 0.308. The van der Waals surface area contributed by atoms with E-state index in [1.807, 2.05) is 24.3 Å². The Kier molecular flexibility index (Phi) is 6.43. The van der Waals surface area contributed by atoms with Gasteiger partial charge in [-0.1, -0.05) is 42.5 Å². The molecule has 3 aromatic carbocycles. The molecule has 1 N–H and O–H groups in total. The first-order chi connectivity index (χ1) is 14.7. The van der Waals surface area contributed by atoms with Gasteiger partial charge in [-0.05, 0) is 60.6 Å². The van der Waals surface area contributed by atoms with Crippen molar-refractivity contribution in [1.82, 2.24) is 0 Å². The Morgan fingerprint density at radius 3 is 2.50 bits per heavy atom. The van der Waals surface area contributed by atoms with Gasteiger partial charge in [0, 0.05) is 17.8 Å². The van der Waals surface area contributed by atoms with Crippen LogP contribution in [0.25, 0.3) is 0 Å². The molecule has 0 amide bonds. The fourth-order valence-corrected chi connectivity index (χ4v) is 4.02. The van der Waals surface area contributed by atoms with Crippen LogP contribution in [-0.4, -0.2) is 20.3 Å². The van der Waals surface area contributed by atoms with E-state index >= 15 is 0 Å². The van der Waals surface area contributed by atoms with E-state index in [2.05, 4.69) is 47.8 Å². The maximum Gasteiger partial charge on any atom is 0.162 e. The molecule has 0 fully saturated rings. The predicted molar refractivity (Wildman–Crippen MR) is 121 cm³/mol. The largest absolute Gasteiger partial charge is 0.497 e. The molecule has 4 nitrogen and oxygen atoms in total. The van der Waals surface area contributed by atoms with Gasteiger partial charge in [-0.3, -0.25) is 0 Å². The average molecular weight is 404 g/mol. The quantitative estimate of drug-likeness (QED) is 0.554. The summed E-state index contributed by atoms with van der Waals surface area (Å²) in [5, 5.41) is 3.74. The molecule has 1 unspecified atom stereocenters. The van der Waals surface area contributed by atoms with E-state index in [0.29, 0.717) is 12.6 Å². The summed E-state index contributed by atoms with van der Waals surface area (Å²) in [5.74, 6) is 2.47. The van der Waals surface area contributed by atoms with Crippen molar-refractivity contribution in [1.29, 1.82) is 0 Å². The van der Waals surface area contributed by atoms with Crippen molar-refractivity contribution >= 4 is 5.69 Å². The van der Waals surface area contributed by atoms with Crippen molar-refractivity contribution in [3.8, 4) is 17.2 Å². The maximum absolute atomic E-state index is 6.10.